The van der Waals surface area contributed by atoms with Gasteiger partial charge in [-0.25, -0.2) is 0 Å². The van der Waals surface area contributed by atoms with Crippen LogP contribution in [0.15, 0.2) is 36.4 Å². The highest BCUT2D eigenvalue weighted by Gasteiger charge is 2.30. The number of rotatable bonds is 2. The van der Waals surface area contributed by atoms with Gasteiger partial charge in [0.1, 0.15) is 0 Å². The zero-order valence-electron chi connectivity index (χ0n) is 15.1. The summed E-state index contributed by atoms with van der Waals surface area (Å²) in [6, 6.07) is 8.34. The lowest BCUT2D eigenvalue weighted by molar-refractivity contribution is -0.137. The van der Waals surface area contributed by atoms with E-state index in [1.54, 1.807) is 13.8 Å². The number of alkyl halides is 6. The maximum absolute atomic E-state index is 12.7. The maximum Gasteiger partial charge on any atom is 0.416 e. The number of halogens is 6. The molecule has 0 aliphatic rings. The van der Waals surface area contributed by atoms with Crippen molar-refractivity contribution in [2.24, 2.45) is 0 Å². The molecule has 0 spiro atoms. The maximum atomic E-state index is 12.7. The summed E-state index contributed by atoms with van der Waals surface area (Å²) in [5.41, 5.74) is 2.44. The molecule has 0 saturated carbocycles. The number of amides is 1. The summed E-state index contributed by atoms with van der Waals surface area (Å²) in [6.07, 6.45) is -8.43. The number of carbonyl (C=O) groups excluding carboxylic acids is 1. The molecule has 0 aliphatic carbocycles. The van der Waals surface area contributed by atoms with Gasteiger partial charge in [0.05, 0.1) is 5.56 Å². The van der Waals surface area contributed by atoms with Crippen molar-refractivity contribution in [2.75, 3.05) is 5.32 Å². The molecule has 2 rings (SSSR count). The predicted molar refractivity (Wildman–Crippen MR) is 91.8 cm³/mol. The third-order valence-electron chi connectivity index (χ3n) is 3.35. The second kappa shape index (κ2) is 8.45. The van der Waals surface area contributed by atoms with Crippen molar-refractivity contribution in [2.45, 2.75) is 40.0 Å². The Labute approximate surface area is 153 Å². The van der Waals surface area contributed by atoms with E-state index in [0.717, 1.165) is 28.8 Å². The van der Waals surface area contributed by atoms with E-state index in [4.69, 9.17) is 0 Å². The monoisotopic (exact) mass is 391 g/mol. The molecular weight excluding hydrogens is 372 g/mol. The van der Waals surface area contributed by atoms with Crippen LogP contribution in [0.4, 0.5) is 32.0 Å². The van der Waals surface area contributed by atoms with Gasteiger partial charge >= 0.3 is 12.4 Å². The van der Waals surface area contributed by atoms with E-state index in [9.17, 15) is 31.1 Å². The number of aryl methyl sites for hydroxylation is 3. The molecule has 0 radical (unpaired) electrons. The molecule has 8 heteroatoms. The summed E-state index contributed by atoms with van der Waals surface area (Å²) in [7, 11) is 0. The second-order valence-corrected chi connectivity index (χ2v) is 6.09. The third-order valence-corrected chi connectivity index (χ3v) is 3.35. The van der Waals surface area contributed by atoms with Gasteiger partial charge in [-0.2, -0.15) is 26.3 Å². The summed E-state index contributed by atoms with van der Waals surface area (Å²) >= 11 is 0. The van der Waals surface area contributed by atoms with Crippen LogP contribution in [0.1, 0.15) is 39.5 Å². The van der Waals surface area contributed by atoms with Gasteiger partial charge in [0.2, 0.25) is 0 Å². The van der Waals surface area contributed by atoms with Crippen molar-refractivity contribution in [1.29, 1.82) is 0 Å². The van der Waals surface area contributed by atoms with Crippen molar-refractivity contribution in [3.63, 3.8) is 0 Å². The van der Waals surface area contributed by atoms with Crippen LogP contribution in [0.3, 0.4) is 0 Å². The first-order valence-corrected chi connectivity index (χ1v) is 7.81. The van der Waals surface area contributed by atoms with Crippen LogP contribution in [0.2, 0.25) is 0 Å². The summed E-state index contributed by atoms with van der Waals surface area (Å²) < 4.78 is 69.1. The Morgan fingerprint density at radius 1 is 0.889 bits per heavy atom. The summed E-state index contributed by atoms with van der Waals surface area (Å²) in [5, 5.41) is 2.53. The second-order valence-electron chi connectivity index (χ2n) is 6.09. The highest BCUT2D eigenvalue weighted by molar-refractivity contribution is 6.06. The van der Waals surface area contributed by atoms with E-state index in [1.807, 2.05) is 19.1 Å². The Balaban J connectivity index is 0.000000646. The molecule has 148 valence electrons. The van der Waals surface area contributed by atoms with E-state index in [-0.39, 0.29) is 12.6 Å². The lowest BCUT2D eigenvalue weighted by atomic mass is 9.99. The molecule has 0 saturated heterocycles. The molecule has 0 atom stereocenters. The highest BCUT2D eigenvalue weighted by atomic mass is 19.4. The van der Waals surface area contributed by atoms with Crippen LogP contribution in [-0.2, 0) is 6.18 Å². The van der Waals surface area contributed by atoms with E-state index in [0.29, 0.717) is 5.56 Å². The first-order chi connectivity index (χ1) is 12.2. The van der Waals surface area contributed by atoms with Crippen LogP contribution >= 0.6 is 0 Å². The van der Waals surface area contributed by atoms with Crippen molar-refractivity contribution < 1.29 is 31.1 Å². The minimum absolute atomic E-state index is 0.124. The lowest BCUT2D eigenvalue weighted by Gasteiger charge is -2.13. The van der Waals surface area contributed by atoms with E-state index < -0.39 is 23.8 Å². The standard InChI is InChI=1S/C17H16F3NO.C2H3F3/c1-10-7-11(2)15(12(3)8-10)16(22)21-14-6-4-5-13(9-14)17(18,19)20;1-2(3,4)5/h4-9H,1-3H3,(H,21,22);1H3. The average Bonchev–Trinajstić information content (AvgIpc) is 2.43. The van der Waals surface area contributed by atoms with Gasteiger partial charge in [0.25, 0.3) is 5.91 Å². The predicted octanol–water partition coefficient (Wildman–Crippen LogP) is 6.45. The Bertz CT molecular complexity index is 780. The molecule has 1 N–H and O–H groups in total. The van der Waals surface area contributed by atoms with Crippen LogP contribution in [0, 0.1) is 20.8 Å². The molecule has 0 aromatic heterocycles. The molecule has 0 aliphatic heterocycles. The largest absolute Gasteiger partial charge is 0.416 e. The molecule has 2 aromatic rings. The van der Waals surface area contributed by atoms with Gasteiger partial charge in [-0.3, -0.25) is 4.79 Å². The van der Waals surface area contributed by atoms with E-state index in [2.05, 4.69) is 5.32 Å². The van der Waals surface area contributed by atoms with Crippen LogP contribution in [0.5, 0.6) is 0 Å². The van der Waals surface area contributed by atoms with Gasteiger partial charge in [0.15, 0.2) is 0 Å². The molecule has 0 bridgehead atoms. The van der Waals surface area contributed by atoms with Crippen molar-refractivity contribution in [1.82, 2.24) is 0 Å². The van der Waals surface area contributed by atoms with Gasteiger partial charge in [-0.1, -0.05) is 23.8 Å². The normalized spacial score (nSPS) is 11.5. The number of anilines is 1. The molecule has 2 aromatic carbocycles. The molecule has 0 heterocycles. The first-order valence-electron chi connectivity index (χ1n) is 7.81. The fourth-order valence-electron chi connectivity index (χ4n) is 2.51. The molecule has 1 amide bonds. The van der Waals surface area contributed by atoms with Gasteiger partial charge < -0.3 is 5.32 Å². The lowest BCUT2D eigenvalue weighted by Crippen LogP contribution is -2.16. The van der Waals surface area contributed by atoms with Crippen molar-refractivity contribution in [3.05, 3.63) is 64.2 Å². The Morgan fingerprint density at radius 3 is 1.81 bits per heavy atom. The fourth-order valence-corrected chi connectivity index (χ4v) is 2.51. The van der Waals surface area contributed by atoms with Gasteiger partial charge in [-0.05, 0) is 50.1 Å². The minimum Gasteiger partial charge on any atom is -0.322 e. The first kappa shape index (κ1) is 22.5. The number of nitrogens with one attached hydrogen (secondary N) is 1. The summed E-state index contributed by atoms with van der Waals surface area (Å²) in [5.74, 6) is -0.408. The Hall–Kier alpha value is -2.51. The number of carbonyl (C=O) groups is 1. The number of hydrogen-bond donors (Lipinski definition) is 1. The van der Waals surface area contributed by atoms with E-state index in [1.165, 1.54) is 12.1 Å². The quantitative estimate of drug-likeness (QED) is 0.586. The average molecular weight is 391 g/mol. The fraction of sp³-hybridized carbons (Fsp3) is 0.316. The highest BCUT2D eigenvalue weighted by Crippen LogP contribution is 2.31. The zero-order valence-corrected chi connectivity index (χ0v) is 15.1. The van der Waals surface area contributed by atoms with E-state index >= 15 is 0 Å². The molecule has 0 fully saturated rings. The minimum atomic E-state index is -4.43. The van der Waals surface area contributed by atoms with Crippen molar-refractivity contribution in [3.8, 4) is 0 Å². The molecule has 0 unspecified atom stereocenters. The van der Waals surface area contributed by atoms with Gasteiger partial charge in [0, 0.05) is 18.2 Å². The zero-order chi connectivity index (χ0) is 21.0. The molecule has 2 nitrogen and oxygen atoms in total. The topological polar surface area (TPSA) is 29.1 Å². The van der Waals surface area contributed by atoms with Crippen LogP contribution in [-0.4, -0.2) is 12.1 Å². The van der Waals surface area contributed by atoms with Crippen molar-refractivity contribution >= 4 is 11.6 Å². The summed E-state index contributed by atoms with van der Waals surface area (Å²) in [6.45, 7) is 5.73. The number of hydrogen-bond acceptors (Lipinski definition) is 1. The smallest absolute Gasteiger partial charge is 0.322 e. The van der Waals surface area contributed by atoms with Gasteiger partial charge in [-0.15, -0.1) is 0 Å². The molecular formula is C19H19F6NO. The molecule has 27 heavy (non-hydrogen) atoms. The number of benzene rings is 2. The Kier molecular flexibility index (Phi) is 7.05. The van der Waals surface area contributed by atoms with Crippen LogP contribution < -0.4 is 5.32 Å². The Morgan fingerprint density at radius 2 is 1.37 bits per heavy atom. The summed E-state index contributed by atoms with van der Waals surface area (Å²) in [4.78, 5) is 12.3. The third kappa shape index (κ3) is 7.72. The SMILES string of the molecule is CC(F)(F)F.Cc1cc(C)c(C(=O)Nc2cccc(C(F)(F)F)c2)c(C)c1. The van der Waals surface area contributed by atoms with Crippen LogP contribution in [0.25, 0.3) is 0 Å².